The molecule has 0 radical (unpaired) electrons. The van der Waals surface area contributed by atoms with Crippen LogP contribution in [0, 0.1) is 0 Å². The molecule has 136 valence electrons. The molecule has 1 amide bonds. The Morgan fingerprint density at radius 1 is 1.19 bits per heavy atom. The first-order valence-electron chi connectivity index (χ1n) is 7.40. The van der Waals surface area contributed by atoms with E-state index < -0.39 is 15.1 Å². The number of nitrogens with one attached hydrogen (secondary N) is 1. The maximum atomic E-state index is 12.5. The molecule has 1 N–H and O–H groups in total. The van der Waals surface area contributed by atoms with Crippen LogP contribution in [0.25, 0.3) is 11.1 Å². The van der Waals surface area contributed by atoms with E-state index in [0.717, 1.165) is 11.8 Å². The first-order chi connectivity index (χ1) is 12.4. The SMILES string of the molecule is COc1ccc(C(=O)NC(Sc2nc3ccccc3o2)C(Cl)(Cl)Cl)cc1. The van der Waals surface area contributed by atoms with Crippen molar-refractivity contribution in [1.29, 1.82) is 0 Å². The Labute approximate surface area is 169 Å². The summed E-state index contributed by atoms with van der Waals surface area (Å²) >= 11 is 19.1. The van der Waals surface area contributed by atoms with Crippen molar-refractivity contribution in [3.05, 3.63) is 54.1 Å². The van der Waals surface area contributed by atoms with Crippen molar-refractivity contribution < 1.29 is 13.9 Å². The number of aromatic nitrogens is 1. The normalized spacial score (nSPS) is 12.8. The number of hydrogen-bond acceptors (Lipinski definition) is 5. The van der Waals surface area contributed by atoms with Gasteiger partial charge in [-0.1, -0.05) is 46.9 Å². The molecule has 0 aliphatic carbocycles. The summed E-state index contributed by atoms with van der Waals surface area (Å²) < 4.78 is 8.92. The molecule has 0 fully saturated rings. The second kappa shape index (κ2) is 7.96. The van der Waals surface area contributed by atoms with Crippen molar-refractivity contribution in [3.8, 4) is 5.75 Å². The lowest BCUT2D eigenvalue weighted by atomic mass is 10.2. The highest BCUT2D eigenvalue weighted by atomic mass is 35.6. The molecule has 0 saturated carbocycles. The number of carbonyl (C=O) groups excluding carboxylic acids is 1. The number of nitrogens with zero attached hydrogens (tertiary/aromatic N) is 1. The lowest BCUT2D eigenvalue weighted by molar-refractivity contribution is 0.0950. The van der Waals surface area contributed by atoms with Crippen LogP contribution in [0.4, 0.5) is 0 Å². The molecule has 26 heavy (non-hydrogen) atoms. The lowest BCUT2D eigenvalue weighted by Crippen LogP contribution is -2.41. The van der Waals surface area contributed by atoms with Gasteiger partial charge in [0, 0.05) is 5.56 Å². The smallest absolute Gasteiger partial charge is 0.258 e. The van der Waals surface area contributed by atoms with Gasteiger partial charge in [-0.25, -0.2) is 4.98 Å². The number of benzene rings is 2. The van der Waals surface area contributed by atoms with Crippen molar-refractivity contribution >= 4 is 63.6 Å². The van der Waals surface area contributed by atoms with Gasteiger partial charge in [0.25, 0.3) is 11.1 Å². The molecule has 0 saturated heterocycles. The number of hydrogen-bond donors (Lipinski definition) is 1. The minimum absolute atomic E-state index is 0.289. The summed E-state index contributed by atoms with van der Waals surface area (Å²) in [5.41, 5.74) is 1.70. The Balaban J connectivity index is 1.78. The molecule has 1 atom stereocenters. The Kier molecular flexibility index (Phi) is 5.87. The molecule has 0 bridgehead atoms. The van der Waals surface area contributed by atoms with Crippen molar-refractivity contribution in [1.82, 2.24) is 10.3 Å². The van der Waals surface area contributed by atoms with Crippen molar-refractivity contribution in [3.63, 3.8) is 0 Å². The monoisotopic (exact) mass is 430 g/mol. The maximum Gasteiger partial charge on any atom is 0.258 e. The average Bonchev–Trinajstić information content (AvgIpc) is 3.03. The van der Waals surface area contributed by atoms with Crippen molar-refractivity contribution in [2.24, 2.45) is 0 Å². The number of amides is 1. The molecular formula is C17H13Cl3N2O3S. The quantitative estimate of drug-likeness (QED) is 0.348. The molecule has 1 unspecified atom stereocenters. The minimum atomic E-state index is -1.77. The Morgan fingerprint density at radius 2 is 1.88 bits per heavy atom. The average molecular weight is 432 g/mol. The number of halogens is 3. The van der Waals surface area contributed by atoms with E-state index >= 15 is 0 Å². The zero-order chi connectivity index (χ0) is 18.7. The van der Waals surface area contributed by atoms with Gasteiger partial charge in [-0.15, -0.1) is 0 Å². The topological polar surface area (TPSA) is 64.4 Å². The maximum absolute atomic E-state index is 12.5. The van der Waals surface area contributed by atoms with E-state index in [4.69, 9.17) is 44.0 Å². The number of ether oxygens (including phenoxy) is 1. The summed E-state index contributed by atoms with van der Waals surface area (Å²) in [6.45, 7) is 0. The molecule has 9 heteroatoms. The van der Waals surface area contributed by atoms with E-state index in [2.05, 4.69) is 10.3 Å². The highest BCUT2D eigenvalue weighted by Gasteiger charge is 2.36. The van der Waals surface area contributed by atoms with Crippen LogP contribution in [-0.4, -0.2) is 27.2 Å². The summed E-state index contributed by atoms with van der Waals surface area (Å²) in [6.07, 6.45) is 0. The van der Waals surface area contributed by atoms with Gasteiger partial charge in [-0.05, 0) is 48.2 Å². The van der Waals surface area contributed by atoms with Gasteiger partial charge in [0.2, 0.25) is 3.79 Å². The predicted molar refractivity (Wildman–Crippen MR) is 104 cm³/mol. The van der Waals surface area contributed by atoms with Crippen LogP contribution >= 0.6 is 46.6 Å². The number of fused-ring (bicyclic) bond motifs is 1. The van der Waals surface area contributed by atoms with Crippen molar-refractivity contribution in [2.75, 3.05) is 7.11 Å². The van der Waals surface area contributed by atoms with Gasteiger partial charge in [0.15, 0.2) is 5.58 Å². The molecule has 0 aliphatic heterocycles. The number of alkyl halides is 3. The predicted octanol–water partition coefficient (Wildman–Crippen LogP) is 5.05. The first-order valence-corrected chi connectivity index (χ1v) is 9.42. The number of para-hydroxylation sites is 2. The van der Waals surface area contributed by atoms with Crippen LogP contribution in [0.1, 0.15) is 10.4 Å². The fourth-order valence-electron chi connectivity index (χ4n) is 2.13. The van der Waals surface area contributed by atoms with Crippen LogP contribution in [0.2, 0.25) is 0 Å². The van der Waals surface area contributed by atoms with Crippen LogP contribution in [0.15, 0.2) is 58.2 Å². The molecular weight excluding hydrogens is 419 g/mol. The number of oxazole rings is 1. The summed E-state index contributed by atoms with van der Waals surface area (Å²) in [4.78, 5) is 16.8. The lowest BCUT2D eigenvalue weighted by Gasteiger charge is -2.23. The highest BCUT2D eigenvalue weighted by Crippen LogP contribution is 2.39. The van der Waals surface area contributed by atoms with Gasteiger partial charge < -0.3 is 14.5 Å². The van der Waals surface area contributed by atoms with Crippen LogP contribution in [-0.2, 0) is 0 Å². The van der Waals surface area contributed by atoms with Crippen molar-refractivity contribution in [2.45, 2.75) is 14.4 Å². The summed E-state index contributed by atoms with van der Waals surface area (Å²) in [6, 6.07) is 13.9. The Bertz CT molecular complexity index is 877. The summed E-state index contributed by atoms with van der Waals surface area (Å²) in [7, 11) is 1.55. The number of thioether (sulfide) groups is 1. The number of carbonyl (C=O) groups is 1. The first kappa shape index (κ1) is 19.2. The molecule has 1 heterocycles. The van der Waals surface area contributed by atoms with Crippen LogP contribution in [0.5, 0.6) is 5.75 Å². The van der Waals surface area contributed by atoms with E-state index in [9.17, 15) is 4.79 Å². The molecule has 2 aromatic carbocycles. The molecule has 0 aliphatic rings. The fraction of sp³-hybridized carbons (Fsp3) is 0.176. The van der Waals surface area contributed by atoms with Crippen LogP contribution in [0.3, 0.4) is 0 Å². The standard InChI is InChI=1S/C17H13Cl3N2O3S/c1-24-11-8-6-10(7-9-11)14(23)22-15(17(18,19)20)26-16-21-12-4-2-3-5-13(12)25-16/h2-9,15H,1H3,(H,22,23). The second-order valence-electron chi connectivity index (χ2n) is 5.19. The second-order valence-corrected chi connectivity index (χ2v) is 8.61. The van der Waals surface area contributed by atoms with E-state index in [1.165, 1.54) is 0 Å². The van der Waals surface area contributed by atoms with Crippen LogP contribution < -0.4 is 10.1 Å². The summed E-state index contributed by atoms with van der Waals surface area (Å²) in [5.74, 6) is 0.243. The number of rotatable bonds is 5. The van der Waals surface area contributed by atoms with E-state index in [1.807, 2.05) is 18.2 Å². The molecule has 0 spiro atoms. The summed E-state index contributed by atoms with van der Waals surface area (Å²) in [5, 5.41) is 2.07. The highest BCUT2D eigenvalue weighted by molar-refractivity contribution is 8.00. The largest absolute Gasteiger partial charge is 0.497 e. The van der Waals surface area contributed by atoms with Gasteiger partial charge in [0.05, 0.1) is 7.11 Å². The molecule has 3 rings (SSSR count). The van der Waals surface area contributed by atoms with Gasteiger partial charge >= 0.3 is 0 Å². The van der Waals surface area contributed by atoms with E-state index in [-0.39, 0.29) is 5.22 Å². The number of methoxy groups -OCH3 is 1. The van der Waals surface area contributed by atoms with E-state index in [1.54, 1.807) is 37.4 Å². The van der Waals surface area contributed by atoms with Gasteiger partial charge in [-0.2, -0.15) is 0 Å². The van der Waals surface area contributed by atoms with Gasteiger partial charge in [-0.3, -0.25) is 4.79 Å². The molecule has 3 aromatic rings. The molecule has 5 nitrogen and oxygen atoms in total. The van der Waals surface area contributed by atoms with Gasteiger partial charge in [0.1, 0.15) is 16.6 Å². The Hall–Kier alpha value is -1.60. The fourth-order valence-corrected chi connectivity index (χ4v) is 3.48. The van der Waals surface area contributed by atoms with E-state index in [0.29, 0.717) is 22.4 Å². The molecule has 1 aromatic heterocycles. The third-order valence-electron chi connectivity index (χ3n) is 3.40. The minimum Gasteiger partial charge on any atom is -0.497 e. The third-order valence-corrected chi connectivity index (χ3v) is 5.53. The zero-order valence-corrected chi connectivity index (χ0v) is 16.5. The Morgan fingerprint density at radius 3 is 2.50 bits per heavy atom. The zero-order valence-electron chi connectivity index (χ0n) is 13.4. The third kappa shape index (κ3) is 4.57.